The van der Waals surface area contributed by atoms with Gasteiger partial charge in [0.15, 0.2) is 8.32 Å². The van der Waals surface area contributed by atoms with Gasteiger partial charge in [-0.3, -0.25) is 4.90 Å². The molecule has 2 N–H and O–H groups in total. The van der Waals surface area contributed by atoms with Crippen molar-refractivity contribution < 1.29 is 14.3 Å². The van der Waals surface area contributed by atoms with Crippen LogP contribution in [0.15, 0.2) is 42.6 Å². The number of nitrogens with one attached hydrogen (secondary N) is 1. The highest BCUT2D eigenvalue weighted by Gasteiger charge is 2.47. The minimum atomic E-state index is -2.47. The number of nitrogens with zero attached hydrogens (tertiary/aromatic N) is 5. The van der Waals surface area contributed by atoms with Gasteiger partial charge < -0.3 is 19.7 Å². The maximum absolute atomic E-state index is 13.6. The highest BCUT2D eigenvalue weighted by Crippen LogP contribution is 2.51. The topological polar surface area (TPSA) is 115 Å². The summed E-state index contributed by atoms with van der Waals surface area (Å²) < 4.78 is 5.82. The van der Waals surface area contributed by atoms with Gasteiger partial charge in [-0.25, -0.2) is 14.8 Å². The molecule has 2 aliphatic rings. The van der Waals surface area contributed by atoms with E-state index in [1.54, 1.807) is 17.2 Å². The van der Waals surface area contributed by atoms with Crippen molar-refractivity contribution in [1.29, 1.82) is 5.26 Å². The third-order valence-corrected chi connectivity index (χ3v) is 13.8. The van der Waals surface area contributed by atoms with Crippen molar-refractivity contribution in [1.82, 2.24) is 14.9 Å². The van der Waals surface area contributed by atoms with Crippen LogP contribution in [0, 0.1) is 18.3 Å². The van der Waals surface area contributed by atoms with Gasteiger partial charge in [0.05, 0.1) is 16.9 Å². The van der Waals surface area contributed by atoms with Crippen LogP contribution in [0.2, 0.25) is 18.1 Å². The van der Waals surface area contributed by atoms with E-state index in [-0.39, 0.29) is 5.04 Å². The van der Waals surface area contributed by atoms with Crippen LogP contribution in [0.3, 0.4) is 0 Å². The summed E-state index contributed by atoms with van der Waals surface area (Å²) in [7, 11) is -0.337. The first-order valence-electron chi connectivity index (χ1n) is 16.5. The van der Waals surface area contributed by atoms with Crippen LogP contribution in [0.4, 0.5) is 22.1 Å². The van der Waals surface area contributed by atoms with Gasteiger partial charge in [0.2, 0.25) is 5.95 Å². The summed E-state index contributed by atoms with van der Waals surface area (Å²) in [5.41, 5.74) is 5.56. The Morgan fingerprint density at radius 2 is 1.87 bits per heavy atom. The number of aryl methyl sites for hydroxylation is 1. The third-order valence-electron chi connectivity index (χ3n) is 10.2. The number of benzene rings is 2. The van der Waals surface area contributed by atoms with Crippen LogP contribution in [0.1, 0.15) is 82.6 Å². The molecule has 9 nitrogen and oxygen atoms in total. The third kappa shape index (κ3) is 7.22. The molecule has 1 saturated heterocycles. The summed E-state index contributed by atoms with van der Waals surface area (Å²) in [5, 5.41) is 13.6. The smallest absolute Gasteiger partial charge is 0.414 e. The molecule has 0 radical (unpaired) electrons. The van der Waals surface area contributed by atoms with Crippen LogP contribution < -0.4 is 10.2 Å². The van der Waals surface area contributed by atoms with E-state index in [1.807, 2.05) is 39.9 Å². The molecule has 0 aliphatic carbocycles. The number of ether oxygens (including phenoxy) is 1. The number of likely N-dealkylation sites (tertiary alicyclic amines) is 1. The van der Waals surface area contributed by atoms with Gasteiger partial charge >= 0.3 is 6.09 Å². The average Bonchev–Trinajstić information content (AvgIpc) is 3.27. The Balaban J connectivity index is 1.53. The first-order chi connectivity index (χ1) is 21.8. The maximum Gasteiger partial charge on any atom is 0.414 e. The molecule has 250 valence electrons. The van der Waals surface area contributed by atoms with Gasteiger partial charge in [-0.05, 0) is 107 Å². The molecule has 0 saturated carbocycles. The van der Waals surface area contributed by atoms with Gasteiger partial charge in [-0.15, -0.1) is 0 Å². The number of aromatic nitrogens is 2. The molecule has 0 bridgehead atoms. The Hall–Kier alpha value is -3.78. The van der Waals surface area contributed by atoms with Gasteiger partial charge in [0.25, 0.3) is 0 Å². The molecule has 3 aromatic rings. The molecule has 47 heavy (non-hydrogen) atoms. The van der Waals surface area contributed by atoms with Crippen LogP contribution in [-0.4, -0.2) is 66.4 Å². The Kier molecular flexibility index (Phi) is 9.08. The normalized spacial score (nSPS) is 18.8. The molecule has 1 amide bonds. The zero-order chi connectivity index (χ0) is 34.5. The lowest BCUT2D eigenvalue weighted by Gasteiger charge is -2.38. The summed E-state index contributed by atoms with van der Waals surface area (Å²) >= 11 is 0. The first-order valence-corrected chi connectivity index (χ1v) is 19.5. The second-order valence-electron chi connectivity index (χ2n) is 16.0. The van der Waals surface area contributed by atoms with Crippen molar-refractivity contribution in [3.05, 3.63) is 64.8 Å². The van der Waals surface area contributed by atoms with Crippen molar-refractivity contribution in [3.63, 3.8) is 0 Å². The molecular weight excluding hydrogens is 605 g/mol. The van der Waals surface area contributed by atoms with Gasteiger partial charge in [0, 0.05) is 48.4 Å². The van der Waals surface area contributed by atoms with Crippen molar-refractivity contribution in [3.8, 4) is 17.3 Å². The molecular formula is C37H50N6O3Si. The van der Waals surface area contributed by atoms with Crippen LogP contribution in [0.25, 0.3) is 11.3 Å². The van der Waals surface area contributed by atoms with Crippen molar-refractivity contribution in [2.45, 2.75) is 96.4 Å². The number of carbonyl (C=O) groups excluding carboxylic acids is 1. The standard InChI is InChI=1S/C37H50N6O3Si/c1-24-11-12-25(28-21-42(8)22-28)19-31(24)41-33-39-16-13-30(40-33)26-17-27(20-38)32-29(18-26)37(7,15-14-36(5,6)47(9,10)45)23-43(32)34(44)46-35(2,3)4/h11-13,16-19,28,45H,14-15,21-23H2,1-10H3,(H,39,40,41)/t37-/m0/s1. The number of hydrogen-bond acceptors (Lipinski definition) is 8. The second kappa shape index (κ2) is 12.3. The molecule has 2 aromatic carbocycles. The van der Waals surface area contributed by atoms with E-state index in [0.29, 0.717) is 35.4 Å². The molecule has 0 spiro atoms. The van der Waals surface area contributed by atoms with E-state index in [1.165, 1.54) is 5.56 Å². The van der Waals surface area contributed by atoms with Crippen molar-refractivity contribution >= 4 is 31.7 Å². The van der Waals surface area contributed by atoms with E-state index < -0.39 is 25.4 Å². The summed E-state index contributed by atoms with van der Waals surface area (Å²) in [6, 6.07) is 14.6. The predicted octanol–water partition coefficient (Wildman–Crippen LogP) is 7.87. The fourth-order valence-electron chi connectivity index (χ4n) is 6.35. The highest BCUT2D eigenvalue weighted by atomic mass is 28.4. The minimum absolute atomic E-state index is 0.248. The number of likely N-dealkylation sites (N-methyl/N-ethyl adjacent to an activating group) is 1. The largest absolute Gasteiger partial charge is 0.443 e. The number of hydrogen-bond donors (Lipinski definition) is 2. The monoisotopic (exact) mass is 654 g/mol. The summed E-state index contributed by atoms with van der Waals surface area (Å²) in [5.74, 6) is 0.998. The van der Waals surface area contributed by atoms with E-state index in [9.17, 15) is 14.9 Å². The molecule has 1 atom stereocenters. The first kappa shape index (κ1) is 34.5. The van der Waals surface area contributed by atoms with Gasteiger partial charge in [-0.1, -0.05) is 32.9 Å². The number of fused-ring (bicyclic) bond motifs is 1. The average molecular weight is 655 g/mol. The highest BCUT2D eigenvalue weighted by molar-refractivity contribution is 6.72. The fourth-order valence-corrected chi connectivity index (χ4v) is 7.09. The van der Waals surface area contributed by atoms with Crippen LogP contribution in [0.5, 0.6) is 0 Å². The second-order valence-corrected chi connectivity index (χ2v) is 20.5. The zero-order valence-corrected chi connectivity index (χ0v) is 30.7. The summed E-state index contributed by atoms with van der Waals surface area (Å²) in [4.78, 5) is 38.0. The van der Waals surface area contributed by atoms with E-state index >= 15 is 0 Å². The Morgan fingerprint density at radius 3 is 2.49 bits per heavy atom. The molecule has 1 aromatic heterocycles. The SMILES string of the molecule is Cc1ccc(C2CN(C)C2)cc1Nc1nccc(-c2cc(C#N)c3c(c2)[C@@](C)(CCC(C)(C)[Si](C)(C)O)CN3C(=O)OC(C)(C)C)n1. The molecule has 0 unspecified atom stereocenters. The Bertz CT molecular complexity index is 1710. The molecule has 10 heteroatoms. The number of amides is 1. The zero-order valence-electron chi connectivity index (χ0n) is 29.7. The van der Waals surface area contributed by atoms with Crippen molar-refractivity contribution in [2.75, 3.05) is 36.9 Å². The maximum atomic E-state index is 13.6. The number of nitriles is 1. The molecule has 2 aliphatic heterocycles. The summed E-state index contributed by atoms with van der Waals surface area (Å²) in [6.07, 6.45) is 2.75. The van der Waals surface area contributed by atoms with Crippen molar-refractivity contribution in [2.24, 2.45) is 0 Å². The number of anilines is 3. The van der Waals surface area contributed by atoms with Gasteiger partial charge in [0.1, 0.15) is 11.7 Å². The Labute approximate surface area is 281 Å². The predicted molar refractivity (Wildman–Crippen MR) is 191 cm³/mol. The Morgan fingerprint density at radius 1 is 1.17 bits per heavy atom. The minimum Gasteiger partial charge on any atom is -0.443 e. The van der Waals surface area contributed by atoms with Crippen LogP contribution in [-0.2, 0) is 10.2 Å². The van der Waals surface area contributed by atoms with E-state index in [0.717, 1.165) is 48.3 Å². The lowest BCUT2D eigenvalue weighted by molar-refractivity contribution is 0.0577. The lowest BCUT2D eigenvalue weighted by Crippen LogP contribution is -2.42. The van der Waals surface area contributed by atoms with Crippen LogP contribution >= 0.6 is 0 Å². The molecule has 5 rings (SSSR count). The number of rotatable bonds is 8. The van der Waals surface area contributed by atoms with E-state index in [4.69, 9.17) is 9.72 Å². The lowest BCUT2D eigenvalue weighted by atomic mass is 9.77. The van der Waals surface area contributed by atoms with Gasteiger partial charge in [-0.2, -0.15) is 5.26 Å². The molecule has 1 fully saturated rings. The number of carbonyl (C=O) groups is 1. The molecule has 3 heterocycles. The fraction of sp³-hybridized carbons (Fsp3) is 0.514. The summed E-state index contributed by atoms with van der Waals surface area (Å²) in [6.45, 7) is 20.4. The quantitative estimate of drug-likeness (QED) is 0.236. The van der Waals surface area contributed by atoms with E-state index in [2.05, 4.69) is 80.3 Å².